The molecule has 2 aromatic carbocycles. The average Bonchev–Trinajstić information content (AvgIpc) is 3.21. The predicted molar refractivity (Wildman–Crippen MR) is 129 cm³/mol. The Balaban J connectivity index is 1.48. The maximum atomic E-state index is 14.6. The lowest BCUT2D eigenvalue weighted by molar-refractivity contribution is -0.125. The highest BCUT2D eigenvalue weighted by atomic mass is 19.1. The molecule has 9 heteroatoms. The first-order valence-corrected chi connectivity index (χ1v) is 11.9. The smallest absolute Gasteiger partial charge is 0.255 e. The number of morpholine rings is 1. The van der Waals surface area contributed by atoms with Gasteiger partial charge in [-0.25, -0.2) is 4.39 Å². The third kappa shape index (κ3) is 5.68. The molecule has 2 aliphatic heterocycles. The fraction of sp³-hybridized carbons (Fsp3) is 0.423. The van der Waals surface area contributed by atoms with Crippen LogP contribution >= 0.6 is 0 Å². The highest BCUT2D eigenvalue weighted by molar-refractivity contribution is 6.02. The van der Waals surface area contributed by atoms with Crippen molar-refractivity contribution in [2.24, 2.45) is 0 Å². The Hall–Kier alpha value is -3.30. The van der Waals surface area contributed by atoms with Gasteiger partial charge in [0.2, 0.25) is 5.91 Å². The molecule has 4 rings (SSSR count). The highest BCUT2D eigenvalue weighted by Crippen LogP contribution is 2.32. The van der Waals surface area contributed by atoms with Crippen LogP contribution in [0, 0.1) is 5.82 Å². The number of carbonyl (C=O) groups is 3. The number of nitrogens with zero attached hydrogens (tertiary/aromatic N) is 2. The normalized spacial score (nSPS) is 16.6. The fourth-order valence-electron chi connectivity index (χ4n) is 4.66. The van der Waals surface area contributed by atoms with Gasteiger partial charge in [0.25, 0.3) is 5.91 Å². The fourth-order valence-corrected chi connectivity index (χ4v) is 4.66. The molecular weight excluding hydrogens is 451 g/mol. The van der Waals surface area contributed by atoms with Crippen molar-refractivity contribution in [2.45, 2.75) is 38.5 Å². The van der Waals surface area contributed by atoms with Gasteiger partial charge in [-0.2, -0.15) is 0 Å². The summed E-state index contributed by atoms with van der Waals surface area (Å²) in [4.78, 5) is 40.2. The molecule has 1 saturated heterocycles. The van der Waals surface area contributed by atoms with Crippen LogP contribution in [0.1, 0.15) is 39.9 Å². The molecule has 2 N–H and O–H groups in total. The molecule has 2 amide bonds. The van der Waals surface area contributed by atoms with Crippen LogP contribution < -0.4 is 10.6 Å². The topological polar surface area (TPSA) is 91.0 Å². The first-order valence-electron chi connectivity index (χ1n) is 11.9. The van der Waals surface area contributed by atoms with Crippen LogP contribution in [0.5, 0.6) is 0 Å². The van der Waals surface area contributed by atoms with Gasteiger partial charge < -0.3 is 25.1 Å². The quantitative estimate of drug-likeness (QED) is 0.505. The molecule has 0 radical (unpaired) electrons. The first kappa shape index (κ1) is 24.8. The lowest BCUT2D eigenvalue weighted by atomic mass is 10.1. The molecule has 0 saturated carbocycles. The van der Waals surface area contributed by atoms with Crippen molar-refractivity contribution in [3.05, 3.63) is 64.5 Å². The highest BCUT2D eigenvalue weighted by Gasteiger charge is 2.36. The summed E-state index contributed by atoms with van der Waals surface area (Å²) < 4.78 is 20.0. The standard InChI is InChI=1S/C26H31FN4O4/c1-28-25(33)24(6-3-11-32)31-17-21-20(26(31)34)4-2-5-23(21)29-15-19-14-18(7-8-22(19)27)16-30-9-12-35-13-10-30/h2,4-5,7-8,11,14,24,29H,3,6,9-10,12-13,15-17H2,1H3,(H,28,33). The van der Waals surface area contributed by atoms with E-state index in [1.807, 2.05) is 18.2 Å². The Morgan fingerprint density at radius 1 is 1.23 bits per heavy atom. The SMILES string of the molecule is CNC(=O)C(CCC=O)N1Cc2c(NCc3cc(CN4CCOCC4)ccc3F)cccc2C1=O. The Bertz CT molecular complexity index is 1090. The monoisotopic (exact) mass is 482 g/mol. The first-order chi connectivity index (χ1) is 17.0. The summed E-state index contributed by atoms with van der Waals surface area (Å²) in [7, 11) is 1.51. The number of hydrogen-bond acceptors (Lipinski definition) is 6. The number of hydrogen-bond donors (Lipinski definition) is 2. The van der Waals surface area contributed by atoms with Gasteiger partial charge in [-0.05, 0) is 36.2 Å². The van der Waals surface area contributed by atoms with Gasteiger partial charge in [0.1, 0.15) is 18.1 Å². The van der Waals surface area contributed by atoms with Gasteiger partial charge >= 0.3 is 0 Å². The summed E-state index contributed by atoms with van der Waals surface area (Å²) in [6, 6.07) is 9.80. The van der Waals surface area contributed by atoms with Gasteiger partial charge in [-0.1, -0.05) is 12.1 Å². The third-order valence-corrected chi connectivity index (χ3v) is 6.57. The zero-order valence-electron chi connectivity index (χ0n) is 19.9. The minimum atomic E-state index is -0.729. The van der Waals surface area contributed by atoms with E-state index in [4.69, 9.17) is 4.74 Å². The van der Waals surface area contributed by atoms with Crippen LogP contribution in [-0.2, 0) is 34.0 Å². The van der Waals surface area contributed by atoms with Crippen molar-refractivity contribution in [3.8, 4) is 0 Å². The predicted octanol–water partition coefficient (Wildman–Crippen LogP) is 2.32. The van der Waals surface area contributed by atoms with E-state index in [9.17, 15) is 18.8 Å². The molecule has 1 unspecified atom stereocenters. The number of amides is 2. The van der Waals surface area contributed by atoms with Gasteiger partial charge in [-0.3, -0.25) is 14.5 Å². The second-order valence-corrected chi connectivity index (χ2v) is 8.81. The van der Waals surface area contributed by atoms with Gasteiger partial charge in [0.15, 0.2) is 0 Å². The summed E-state index contributed by atoms with van der Waals surface area (Å²) in [6.45, 7) is 4.37. The van der Waals surface area contributed by atoms with Crippen LogP contribution in [0.2, 0.25) is 0 Å². The van der Waals surface area contributed by atoms with E-state index >= 15 is 0 Å². The molecule has 8 nitrogen and oxygen atoms in total. The molecule has 1 fully saturated rings. The van der Waals surface area contributed by atoms with Crippen LogP contribution in [0.15, 0.2) is 36.4 Å². The Morgan fingerprint density at radius 3 is 2.77 bits per heavy atom. The van der Waals surface area contributed by atoms with E-state index in [1.165, 1.54) is 18.0 Å². The molecule has 186 valence electrons. The molecule has 35 heavy (non-hydrogen) atoms. The molecule has 2 heterocycles. The number of aldehydes is 1. The number of anilines is 1. The molecule has 2 aliphatic rings. The largest absolute Gasteiger partial charge is 0.381 e. The van der Waals surface area contributed by atoms with Crippen molar-refractivity contribution in [3.63, 3.8) is 0 Å². The number of halogens is 1. The van der Waals surface area contributed by atoms with E-state index in [1.54, 1.807) is 12.1 Å². The molecule has 0 aromatic heterocycles. The molecular formula is C26H31FN4O4. The van der Waals surface area contributed by atoms with Gasteiger partial charge in [0.05, 0.1) is 13.2 Å². The second-order valence-electron chi connectivity index (χ2n) is 8.81. The van der Waals surface area contributed by atoms with E-state index in [-0.39, 0.29) is 43.6 Å². The van der Waals surface area contributed by atoms with Gasteiger partial charge in [-0.15, -0.1) is 0 Å². The summed E-state index contributed by atoms with van der Waals surface area (Å²) in [6.07, 6.45) is 1.19. The van der Waals surface area contributed by atoms with E-state index in [0.717, 1.165) is 42.7 Å². The van der Waals surface area contributed by atoms with Crippen molar-refractivity contribution in [2.75, 3.05) is 38.7 Å². The van der Waals surface area contributed by atoms with E-state index < -0.39 is 6.04 Å². The lowest BCUT2D eigenvalue weighted by Crippen LogP contribution is -2.46. The number of ether oxygens (including phenoxy) is 1. The molecule has 0 aliphatic carbocycles. The minimum absolute atomic E-state index is 0.184. The summed E-state index contributed by atoms with van der Waals surface area (Å²) in [5.41, 5.74) is 3.58. The minimum Gasteiger partial charge on any atom is -0.381 e. The molecule has 0 bridgehead atoms. The van der Waals surface area contributed by atoms with Crippen LogP contribution in [0.4, 0.5) is 10.1 Å². The second kappa shape index (κ2) is 11.4. The maximum absolute atomic E-state index is 14.6. The molecule has 0 spiro atoms. The Labute approximate surface area is 204 Å². The van der Waals surface area contributed by atoms with E-state index in [0.29, 0.717) is 24.3 Å². The Kier molecular flexibility index (Phi) is 8.09. The van der Waals surface area contributed by atoms with Crippen LogP contribution in [0.25, 0.3) is 0 Å². The average molecular weight is 483 g/mol. The number of rotatable bonds is 10. The summed E-state index contributed by atoms with van der Waals surface area (Å²) in [5, 5.41) is 5.87. The van der Waals surface area contributed by atoms with Crippen LogP contribution in [0.3, 0.4) is 0 Å². The summed E-state index contributed by atoms with van der Waals surface area (Å²) >= 11 is 0. The summed E-state index contributed by atoms with van der Waals surface area (Å²) in [5.74, 6) is -0.842. The van der Waals surface area contributed by atoms with Crippen molar-refractivity contribution >= 4 is 23.8 Å². The van der Waals surface area contributed by atoms with E-state index in [2.05, 4.69) is 15.5 Å². The third-order valence-electron chi connectivity index (χ3n) is 6.57. The van der Waals surface area contributed by atoms with Crippen molar-refractivity contribution < 1.29 is 23.5 Å². The van der Waals surface area contributed by atoms with Gasteiger partial charge in [0, 0.05) is 68.6 Å². The number of benzene rings is 2. The Morgan fingerprint density at radius 2 is 2.03 bits per heavy atom. The van der Waals surface area contributed by atoms with Crippen LogP contribution in [-0.4, -0.2) is 67.3 Å². The lowest BCUT2D eigenvalue weighted by Gasteiger charge is -2.26. The number of nitrogens with one attached hydrogen (secondary N) is 2. The van der Waals surface area contributed by atoms with Crippen molar-refractivity contribution in [1.82, 2.24) is 15.1 Å². The number of likely N-dealkylation sites (N-methyl/N-ethyl adjacent to an activating group) is 1. The van der Waals surface area contributed by atoms with Crippen molar-refractivity contribution in [1.29, 1.82) is 0 Å². The zero-order chi connectivity index (χ0) is 24.8. The zero-order valence-corrected chi connectivity index (χ0v) is 19.9. The molecule has 1 atom stereocenters. The molecule has 2 aromatic rings. The number of fused-ring (bicyclic) bond motifs is 1. The maximum Gasteiger partial charge on any atom is 0.255 e. The number of carbonyl (C=O) groups excluding carboxylic acids is 3.